The summed E-state index contributed by atoms with van der Waals surface area (Å²) in [5, 5.41) is 3.92. The maximum absolute atomic E-state index is 12.7. The molecule has 0 amide bonds. The Balaban J connectivity index is 1.87. The molecule has 1 saturated carbocycles. The van der Waals surface area contributed by atoms with E-state index < -0.39 is 10.0 Å². The fourth-order valence-electron chi connectivity index (χ4n) is 2.40. The first-order chi connectivity index (χ1) is 10.0. The number of hydrogen-bond donors (Lipinski definition) is 1. The second-order valence-corrected chi connectivity index (χ2v) is 8.23. The summed E-state index contributed by atoms with van der Waals surface area (Å²) in [7, 11) is -1.86. The summed E-state index contributed by atoms with van der Waals surface area (Å²) in [6.07, 6.45) is 3.94. The van der Waals surface area contributed by atoms with Crippen LogP contribution in [0.1, 0.15) is 30.1 Å². The van der Waals surface area contributed by atoms with Crippen LogP contribution in [0.5, 0.6) is 0 Å². The molecule has 0 unspecified atom stereocenters. The van der Waals surface area contributed by atoms with Crippen LogP contribution in [0, 0.1) is 0 Å². The SMILES string of the molecule is CN(Cc1ccsc1)S(=O)(=O)c1cc(CN)n(C2CC2)c1. The molecule has 3 rings (SSSR count). The van der Waals surface area contributed by atoms with E-state index in [0.717, 1.165) is 24.1 Å². The number of rotatable bonds is 6. The average Bonchev–Trinajstić information content (AvgIpc) is 3.00. The van der Waals surface area contributed by atoms with Gasteiger partial charge >= 0.3 is 0 Å². The van der Waals surface area contributed by atoms with Gasteiger partial charge in [0.2, 0.25) is 10.0 Å². The Morgan fingerprint density at radius 3 is 2.81 bits per heavy atom. The first-order valence-electron chi connectivity index (χ1n) is 6.90. The Hall–Kier alpha value is -1.15. The zero-order valence-electron chi connectivity index (χ0n) is 11.9. The summed E-state index contributed by atoms with van der Waals surface area (Å²) in [5.41, 5.74) is 7.63. The first-order valence-corrected chi connectivity index (χ1v) is 9.29. The highest BCUT2D eigenvalue weighted by atomic mass is 32.2. The van der Waals surface area contributed by atoms with E-state index in [9.17, 15) is 8.42 Å². The minimum absolute atomic E-state index is 0.340. The van der Waals surface area contributed by atoms with Crippen molar-refractivity contribution in [1.82, 2.24) is 8.87 Å². The molecule has 7 heteroatoms. The predicted molar refractivity (Wildman–Crippen MR) is 83.6 cm³/mol. The van der Waals surface area contributed by atoms with Crippen LogP contribution in [0.4, 0.5) is 0 Å². The molecule has 21 heavy (non-hydrogen) atoms. The maximum atomic E-state index is 12.7. The Morgan fingerprint density at radius 2 is 2.24 bits per heavy atom. The van der Waals surface area contributed by atoms with Crippen molar-refractivity contribution in [2.24, 2.45) is 5.73 Å². The van der Waals surface area contributed by atoms with Gasteiger partial charge in [-0.1, -0.05) is 0 Å². The van der Waals surface area contributed by atoms with E-state index in [1.54, 1.807) is 30.6 Å². The summed E-state index contributed by atoms with van der Waals surface area (Å²) < 4.78 is 28.7. The molecule has 0 aromatic carbocycles. The molecule has 0 aliphatic heterocycles. The quantitative estimate of drug-likeness (QED) is 0.885. The zero-order valence-corrected chi connectivity index (χ0v) is 13.5. The Labute approximate surface area is 129 Å². The molecule has 1 aliphatic rings. The summed E-state index contributed by atoms with van der Waals surface area (Å²) in [6, 6.07) is 4.07. The molecule has 0 spiro atoms. The van der Waals surface area contributed by atoms with Gasteiger partial charge in [0.25, 0.3) is 0 Å². The summed E-state index contributed by atoms with van der Waals surface area (Å²) in [5.74, 6) is 0. The molecule has 2 N–H and O–H groups in total. The van der Waals surface area contributed by atoms with E-state index in [1.165, 1.54) is 4.31 Å². The number of hydrogen-bond acceptors (Lipinski definition) is 4. The van der Waals surface area contributed by atoms with Crippen LogP contribution in [0.25, 0.3) is 0 Å². The zero-order chi connectivity index (χ0) is 15.0. The minimum Gasteiger partial charge on any atom is -0.346 e. The molecule has 0 atom stereocenters. The summed E-state index contributed by atoms with van der Waals surface area (Å²) >= 11 is 1.57. The lowest BCUT2D eigenvalue weighted by molar-refractivity contribution is 0.467. The molecule has 1 fully saturated rings. The fraction of sp³-hybridized carbons (Fsp3) is 0.429. The van der Waals surface area contributed by atoms with Crippen molar-refractivity contribution < 1.29 is 8.42 Å². The van der Waals surface area contributed by atoms with Crippen molar-refractivity contribution in [3.05, 3.63) is 40.3 Å². The van der Waals surface area contributed by atoms with Gasteiger partial charge in [0, 0.05) is 38.1 Å². The van der Waals surface area contributed by atoms with Crippen LogP contribution < -0.4 is 5.73 Å². The lowest BCUT2D eigenvalue weighted by Crippen LogP contribution is -2.26. The van der Waals surface area contributed by atoms with Crippen molar-refractivity contribution in [2.75, 3.05) is 7.05 Å². The third-order valence-electron chi connectivity index (χ3n) is 3.75. The van der Waals surface area contributed by atoms with Gasteiger partial charge < -0.3 is 10.3 Å². The average molecular weight is 325 g/mol. The number of thiophene rings is 1. The molecule has 1 aliphatic carbocycles. The summed E-state index contributed by atoms with van der Waals surface area (Å²) in [6.45, 7) is 0.749. The van der Waals surface area contributed by atoms with E-state index >= 15 is 0 Å². The Bertz CT molecular complexity index is 715. The van der Waals surface area contributed by atoms with Gasteiger partial charge in [-0.3, -0.25) is 0 Å². The van der Waals surface area contributed by atoms with E-state index in [4.69, 9.17) is 5.73 Å². The van der Waals surface area contributed by atoms with Crippen molar-refractivity contribution in [2.45, 2.75) is 36.9 Å². The lowest BCUT2D eigenvalue weighted by atomic mass is 10.3. The van der Waals surface area contributed by atoms with Crippen molar-refractivity contribution in [3.63, 3.8) is 0 Å². The number of nitrogens with two attached hydrogens (primary N) is 1. The third-order valence-corrected chi connectivity index (χ3v) is 6.25. The second-order valence-electron chi connectivity index (χ2n) is 5.40. The molecule has 2 aromatic heterocycles. The van der Waals surface area contributed by atoms with Crippen LogP contribution in [0.15, 0.2) is 34.0 Å². The standard InChI is InChI=1S/C14H19N3O2S2/c1-16(8-11-4-5-20-10-11)21(18,19)14-6-13(7-15)17(9-14)12-2-3-12/h4-6,9-10,12H,2-3,7-8,15H2,1H3. The smallest absolute Gasteiger partial charge is 0.244 e. The number of nitrogens with zero attached hydrogens (tertiary/aromatic N) is 2. The van der Waals surface area contributed by atoms with Crippen molar-refractivity contribution in [3.8, 4) is 0 Å². The highest BCUT2D eigenvalue weighted by molar-refractivity contribution is 7.89. The van der Waals surface area contributed by atoms with E-state index in [2.05, 4.69) is 0 Å². The first kappa shape index (κ1) is 14.8. The number of sulfonamides is 1. The van der Waals surface area contributed by atoms with Crippen LogP contribution in [-0.2, 0) is 23.1 Å². The van der Waals surface area contributed by atoms with E-state index in [-0.39, 0.29) is 0 Å². The van der Waals surface area contributed by atoms with Gasteiger partial charge in [0.1, 0.15) is 4.90 Å². The molecule has 5 nitrogen and oxygen atoms in total. The molecule has 114 valence electrons. The van der Waals surface area contributed by atoms with Gasteiger partial charge in [-0.05, 0) is 41.3 Å². The topological polar surface area (TPSA) is 68.3 Å². The van der Waals surface area contributed by atoms with Gasteiger partial charge in [-0.25, -0.2) is 8.42 Å². The maximum Gasteiger partial charge on any atom is 0.244 e. The van der Waals surface area contributed by atoms with Gasteiger partial charge in [-0.15, -0.1) is 0 Å². The molecule has 2 heterocycles. The molecular weight excluding hydrogens is 306 g/mol. The monoisotopic (exact) mass is 325 g/mol. The molecule has 0 bridgehead atoms. The second kappa shape index (κ2) is 5.57. The summed E-state index contributed by atoms with van der Waals surface area (Å²) in [4.78, 5) is 0.340. The van der Waals surface area contributed by atoms with Gasteiger partial charge in [0.15, 0.2) is 0 Å². The molecule has 2 aromatic rings. The van der Waals surface area contributed by atoms with Crippen LogP contribution in [0.3, 0.4) is 0 Å². The Kier molecular flexibility index (Phi) is 3.92. The predicted octanol–water partition coefficient (Wildman–Crippen LogP) is 2.16. The Morgan fingerprint density at radius 1 is 1.48 bits per heavy atom. The van der Waals surface area contributed by atoms with Gasteiger partial charge in [-0.2, -0.15) is 15.6 Å². The number of aromatic nitrogens is 1. The third kappa shape index (κ3) is 2.91. The lowest BCUT2D eigenvalue weighted by Gasteiger charge is -2.15. The minimum atomic E-state index is -3.47. The highest BCUT2D eigenvalue weighted by Gasteiger charge is 2.29. The largest absolute Gasteiger partial charge is 0.346 e. The van der Waals surface area contributed by atoms with E-state index in [0.29, 0.717) is 24.0 Å². The fourth-order valence-corrected chi connectivity index (χ4v) is 4.27. The molecule has 0 saturated heterocycles. The molecular formula is C14H19N3O2S2. The van der Waals surface area contributed by atoms with E-state index in [1.807, 2.05) is 21.4 Å². The normalized spacial score (nSPS) is 15.8. The van der Waals surface area contributed by atoms with Crippen LogP contribution >= 0.6 is 11.3 Å². The van der Waals surface area contributed by atoms with Crippen LogP contribution in [0.2, 0.25) is 0 Å². The van der Waals surface area contributed by atoms with Crippen molar-refractivity contribution in [1.29, 1.82) is 0 Å². The van der Waals surface area contributed by atoms with Crippen LogP contribution in [-0.4, -0.2) is 24.3 Å². The highest BCUT2D eigenvalue weighted by Crippen LogP contribution is 2.37. The van der Waals surface area contributed by atoms with Gasteiger partial charge in [0.05, 0.1) is 0 Å². The van der Waals surface area contributed by atoms with Crippen molar-refractivity contribution >= 4 is 21.4 Å². The molecule has 0 radical (unpaired) electrons.